The van der Waals surface area contributed by atoms with Gasteiger partial charge in [-0.25, -0.2) is 13.2 Å². The number of cyclic esters (lactones) is 1. The highest BCUT2D eigenvalue weighted by atomic mass is 32.2. The largest absolute Gasteiger partial charge is 0.446 e. The molecule has 1 saturated heterocycles. The highest BCUT2D eigenvalue weighted by Gasteiger charge is 2.55. The predicted molar refractivity (Wildman–Crippen MR) is 80.8 cm³/mol. The maximum absolute atomic E-state index is 12.8. The van der Waals surface area contributed by atoms with Gasteiger partial charge in [-0.05, 0) is 25.5 Å². The number of nitrogens with zero attached hydrogens (tertiary/aromatic N) is 1. The first kappa shape index (κ1) is 16.5. The molecule has 1 heterocycles. The summed E-state index contributed by atoms with van der Waals surface area (Å²) in [6.45, 7) is 6.86. The normalized spacial score (nSPS) is 23.2. The molecule has 1 N–H and O–H groups in total. The van der Waals surface area contributed by atoms with Crippen LogP contribution in [0.25, 0.3) is 0 Å². The zero-order chi connectivity index (χ0) is 16.5. The van der Waals surface area contributed by atoms with E-state index in [9.17, 15) is 18.3 Å². The molecule has 22 heavy (non-hydrogen) atoms. The van der Waals surface area contributed by atoms with E-state index < -0.39 is 27.8 Å². The summed E-state index contributed by atoms with van der Waals surface area (Å²) in [6, 6.07) is 6.12. The number of aliphatic hydroxyl groups excluding tert-OH is 1. The Morgan fingerprint density at radius 1 is 1.45 bits per heavy atom. The number of hydrogen-bond acceptors (Lipinski definition) is 5. The number of amides is 1. The average molecular weight is 325 g/mol. The summed E-state index contributed by atoms with van der Waals surface area (Å²) in [7, 11) is -4.15. The number of ether oxygens (including phenoxy) is 1. The topological polar surface area (TPSA) is 83.9 Å². The van der Waals surface area contributed by atoms with E-state index in [-0.39, 0.29) is 17.9 Å². The lowest BCUT2D eigenvalue weighted by molar-refractivity contribution is 0.0621. The van der Waals surface area contributed by atoms with Crippen LogP contribution in [0, 0.1) is 6.92 Å². The van der Waals surface area contributed by atoms with Gasteiger partial charge in [0.25, 0.3) is 10.0 Å². The number of rotatable bonds is 5. The molecule has 0 spiro atoms. The Kier molecular flexibility index (Phi) is 4.30. The van der Waals surface area contributed by atoms with E-state index in [1.54, 1.807) is 19.1 Å². The molecular weight excluding hydrogens is 306 g/mol. The van der Waals surface area contributed by atoms with Crippen LogP contribution in [0.15, 0.2) is 41.8 Å². The number of benzene rings is 1. The minimum atomic E-state index is -4.15. The number of carbonyl (C=O) groups excluding carboxylic acids is 1. The molecule has 7 heteroatoms. The molecule has 0 aromatic heterocycles. The maximum Gasteiger partial charge on any atom is 0.424 e. The van der Waals surface area contributed by atoms with E-state index in [0.717, 1.165) is 5.56 Å². The molecule has 0 saturated carbocycles. The fraction of sp³-hybridized carbons (Fsp3) is 0.400. The Morgan fingerprint density at radius 2 is 2.05 bits per heavy atom. The van der Waals surface area contributed by atoms with Gasteiger partial charge in [0, 0.05) is 0 Å². The molecule has 2 rings (SSSR count). The molecule has 2 atom stereocenters. The van der Waals surface area contributed by atoms with E-state index in [0.29, 0.717) is 4.31 Å². The van der Waals surface area contributed by atoms with Crippen molar-refractivity contribution >= 4 is 16.1 Å². The number of sulfonamides is 1. The van der Waals surface area contributed by atoms with Gasteiger partial charge in [0.05, 0.1) is 11.0 Å². The highest BCUT2D eigenvalue weighted by Crippen LogP contribution is 2.36. The standard InChI is InChI=1S/C15H19NO5S/c1-4-13(17)15(5-2)10-21-14(18)16(15)22(19,20)12-8-6-11(3)7-9-12/h5-9,13,17H,2,4,10H2,1,3H3/t13-,15+/m1/s1. The van der Waals surface area contributed by atoms with Crippen LogP contribution in [0.2, 0.25) is 0 Å². The van der Waals surface area contributed by atoms with Crippen molar-refractivity contribution in [1.82, 2.24) is 4.31 Å². The van der Waals surface area contributed by atoms with Crippen molar-refractivity contribution in [3.05, 3.63) is 42.5 Å². The van der Waals surface area contributed by atoms with Crippen LogP contribution in [0.1, 0.15) is 18.9 Å². The third-order valence-electron chi connectivity index (χ3n) is 3.85. The molecule has 6 nitrogen and oxygen atoms in total. The molecule has 1 aliphatic heterocycles. The lowest BCUT2D eigenvalue weighted by Gasteiger charge is -2.35. The zero-order valence-corrected chi connectivity index (χ0v) is 13.3. The average Bonchev–Trinajstić information content (AvgIpc) is 2.85. The third kappa shape index (κ3) is 2.40. The highest BCUT2D eigenvalue weighted by molar-refractivity contribution is 7.89. The van der Waals surface area contributed by atoms with Crippen LogP contribution in [0.5, 0.6) is 0 Å². The van der Waals surface area contributed by atoms with Crippen LogP contribution < -0.4 is 0 Å². The van der Waals surface area contributed by atoms with Gasteiger partial charge in [0.2, 0.25) is 0 Å². The van der Waals surface area contributed by atoms with Crippen LogP contribution in [-0.4, -0.2) is 42.2 Å². The summed E-state index contributed by atoms with van der Waals surface area (Å²) in [5.74, 6) is 0. The first-order valence-corrected chi connectivity index (χ1v) is 8.34. The van der Waals surface area contributed by atoms with Crippen LogP contribution in [0.3, 0.4) is 0 Å². The Labute approximate surface area is 130 Å². The molecule has 0 aliphatic carbocycles. The fourth-order valence-electron chi connectivity index (χ4n) is 2.46. The Morgan fingerprint density at radius 3 is 2.55 bits per heavy atom. The number of aryl methyl sites for hydroxylation is 1. The van der Waals surface area contributed by atoms with Crippen molar-refractivity contribution < 1.29 is 23.1 Å². The lowest BCUT2D eigenvalue weighted by Crippen LogP contribution is -2.56. The summed E-state index contributed by atoms with van der Waals surface area (Å²) in [4.78, 5) is 12.0. The van der Waals surface area contributed by atoms with Crippen molar-refractivity contribution in [2.24, 2.45) is 0 Å². The van der Waals surface area contributed by atoms with Gasteiger partial charge in [0.1, 0.15) is 12.1 Å². The third-order valence-corrected chi connectivity index (χ3v) is 5.68. The Bertz CT molecular complexity index is 682. The number of aliphatic hydroxyl groups is 1. The first-order chi connectivity index (χ1) is 10.3. The minimum Gasteiger partial charge on any atom is -0.446 e. The molecule has 1 fully saturated rings. The first-order valence-electron chi connectivity index (χ1n) is 6.90. The van der Waals surface area contributed by atoms with Gasteiger partial charge < -0.3 is 9.84 Å². The molecule has 0 radical (unpaired) electrons. The molecule has 1 aliphatic rings. The summed E-state index contributed by atoms with van der Waals surface area (Å²) >= 11 is 0. The van der Waals surface area contributed by atoms with Crippen molar-refractivity contribution in [3.63, 3.8) is 0 Å². The van der Waals surface area contributed by atoms with Crippen molar-refractivity contribution in [3.8, 4) is 0 Å². The van der Waals surface area contributed by atoms with Crippen molar-refractivity contribution in [2.75, 3.05) is 6.61 Å². The summed E-state index contributed by atoms with van der Waals surface area (Å²) < 4.78 is 31.1. The molecular formula is C15H19NO5S. The molecule has 1 amide bonds. The number of carbonyl (C=O) groups is 1. The van der Waals surface area contributed by atoms with Crippen LogP contribution in [-0.2, 0) is 14.8 Å². The summed E-state index contributed by atoms with van der Waals surface area (Å²) in [5, 5.41) is 10.2. The second kappa shape index (κ2) is 5.73. The van der Waals surface area contributed by atoms with Gasteiger partial charge in [-0.3, -0.25) is 0 Å². The van der Waals surface area contributed by atoms with Gasteiger partial charge >= 0.3 is 6.09 Å². The van der Waals surface area contributed by atoms with Crippen molar-refractivity contribution in [1.29, 1.82) is 0 Å². The van der Waals surface area contributed by atoms with E-state index in [2.05, 4.69) is 6.58 Å². The van der Waals surface area contributed by atoms with Gasteiger partial charge in [-0.1, -0.05) is 30.7 Å². The lowest BCUT2D eigenvalue weighted by atomic mass is 9.92. The second-order valence-electron chi connectivity index (χ2n) is 5.26. The summed E-state index contributed by atoms with van der Waals surface area (Å²) in [6.07, 6.45) is -0.593. The Hall–Kier alpha value is -1.86. The molecule has 0 bridgehead atoms. The SMILES string of the molecule is C=C[C@@]1([C@H](O)CC)COC(=O)N1S(=O)(=O)c1ccc(C)cc1. The minimum absolute atomic E-state index is 0.0357. The van der Waals surface area contributed by atoms with Crippen LogP contribution in [0.4, 0.5) is 4.79 Å². The van der Waals surface area contributed by atoms with Gasteiger partial charge in [-0.15, -0.1) is 6.58 Å². The monoisotopic (exact) mass is 325 g/mol. The molecule has 1 aromatic carbocycles. The molecule has 0 unspecified atom stereocenters. The predicted octanol–water partition coefficient (Wildman–Crippen LogP) is 1.83. The smallest absolute Gasteiger partial charge is 0.424 e. The quantitative estimate of drug-likeness (QED) is 0.835. The summed E-state index contributed by atoms with van der Waals surface area (Å²) in [5.41, 5.74) is -0.596. The van der Waals surface area contributed by atoms with E-state index in [1.165, 1.54) is 18.2 Å². The van der Waals surface area contributed by atoms with E-state index >= 15 is 0 Å². The fourth-order valence-corrected chi connectivity index (χ4v) is 4.10. The van der Waals surface area contributed by atoms with E-state index in [4.69, 9.17) is 4.74 Å². The maximum atomic E-state index is 12.8. The van der Waals surface area contributed by atoms with Crippen LogP contribution >= 0.6 is 0 Å². The second-order valence-corrected chi connectivity index (χ2v) is 7.04. The molecule has 120 valence electrons. The molecule has 1 aromatic rings. The van der Waals surface area contributed by atoms with Gasteiger partial charge in [-0.2, -0.15) is 4.31 Å². The van der Waals surface area contributed by atoms with Gasteiger partial charge in [0.15, 0.2) is 0 Å². The Balaban J connectivity index is 2.57. The van der Waals surface area contributed by atoms with Crippen molar-refractivity contribution in [2.45, 2.75) is 36.8 Å². The zero-order valence-electron chi connectivity index (χ0n) is 12.5. The van der Waals surface area contributed by atoms with E-state index in [1.807, 2.05) is 6.92 Å². The number of hydrogen-bond donors (Lipinski definition) is 1.